The van der Waals surface area contributed by atoms with Crippen LogP contribution >= 0.6 is 23.2 Å². The van der Waals surface area contributed by atoms with E-state index in [1.54, 1.807) is 11.0 Å². The summed E-state index contributed by atoms with van der Waals surface area (Å²) >= 11 is 12.6. The lowest BCUT2D eigenvalue weighted by Gasteiger charge is -2.40. The Labute approximate surface area is 198 Å². The van der Waals surface area contributed by atoms with Gasteiger partial charge in [0.05, 0.1) is 17.6 Å². The van der Waals surface area contributed by atoms with Crippen molar-refractivity contribution in [1.82, 2.24) is 14.5 Å². The summed E-state index contributed by atoms with van der Waals surface area (Å²) < 4.78 is 7.75. The van der Waals surface area contributed by atoms with Crippen LogP contribution < -0.4 is 4.90 Å². The van der Waals surface area contributed by atoms with Crippen LogP contribution in [0.5, 0.6) is 0 Å². The molecule has 0 aliphatic carbocycles. The first kappa shape index (κ1) is 22.7. The second kappa shape index (κ2) is 8.83. The molecule has 0 N–H and O–H groups in total. The SMILES string of the molecule is C[C@H]1CN(C(=O)OC(C)(C)C)CCN1c1nc2ccccc2n1Cc1ccc(Cl)cc1Cl. The number of fused-ring (bicyclic) bond motifs is 1. The summed E-state index contributed by atoms with van der Waals surface area (Å²) in [6.07, 6.45) is -0.273. The van der Waals surface area contributed by atoms with Gasteiger partial charge in [0.2, 0.25) is 5.95 Å². The third-order valence-corrected chi connectivity index (χ3v) is 6.10. The number of halogens is 2. The number of benzene rings is 2. The van der Waals surface area contributed by atoms with E-state index >= 15 is 0 Å². The van der Waals surface area contributed by atoms with Crippen LogP contribution in [0.1, 0.15) is 33.3 Å². The maximum atomic E-state index is 12.6. The van der Waals surface area contributed by atoms with Gasteiger partial charge in [0.1, 0.15) is 5.60 Å². The highest BCUT2D eigenvalue weighted by Crippen LogP contribution is 2.29. The molecule has 1 saturated heterocycles. The van der Waals surface area contributed by atoms with Crippen LogP contribution in [0.3, 0.4) is 0 Å². The van der Waals surface area contributed by atoms with E-state index in [0.29, 0.717) is 36.2 Å². The second-order valence-electron chi connectivity index (χ2n) is 9.19. The van der Waals surface area contributed by atoms with Crippen molar-refractivity contribution in [2.24, 2.45) is 0 Å². The molecule has 1 aromatic heterocycles. The molecule has 0 saturated carbocycles. The molecule has 32 heavy (non-hydrogen) atoms. The monoisotopic (exact) mass is 474 g/mol. The predicted molar refractivity (Wildman–Crippen MR) is 130 cm³/mol. The zero-order chi connectivity index (χ0) is 23.0. The Kier molecular flexibility index (Phi) is 6.28. The number of nitrogens with zero attached hydrogens (tertiary/aromatic N) is 4. The van der Waals surface area contributed by atoms with Crippen molar-refractivity contribution in [1.29, 1.82) is 0 Å². The number of piperazine rings is 1. The Bertz CT molecular complexity index is 1140. The zero-order valence-electron chi connectivity index (χ0n) is 18.8. The minimum Gasteiger partial charge on any atom is -0.444 e. The van der Waals surface area contributed by atoms with Crippen molar-refractivity contribution in [2.75, 3.05) is 24.5 Å². The van der Waals surface area contributed by atoms with Crippen LogP contribution in [0.15, 0.2) is 42.5 Å². The molecule has 0 bridgehead atoms. The molecular formula is C24H28Cl2N4O2. The van der Waals surface area contributed by atoms with Gasteiger partial charge in [-0.2, -0.15) is 0 Å². The maximum Gasteiger partial charge on any atom is 0.410 e. The van der Waals surface area contributed by atoms with Crippen LogP contribution in [0.25, 0.3) is 11.0 Å². The molecule has 8 heteroatoms. The number of ether oxygens (including phenoxy) is 1. The number of hydrogen-bond donors (Lipinski definition) is 0. The van der Waals surface area contributed by atoms with Crippen LogP contribution in [-0.4, -0.2) is 51.8 Å². The lowest BCUT2D eigenvalue weighted by molar-refractivity contribution is 0.0218. The number of carbonyl (C=O) groups is 1. The fourth-order valence-electron chi connectivity index (χ4n) is 4.01. The van der Waals surface area contributed by atoms with Crippen molar-refractivity contribution in [2.45, 2.75) is 45.9 Å². The minimum atomic E-state index is -0.511. The summed E-state index contributed by atoms with van der Waals surface area (Å²) in [5, 5.41) is 1.24. The van der Waals surface area contributed by atoms with Gasteiger partial charge in [0.25, 0.3) is 0 Å². The molecule has 6 nitrogen and oxygen atoms in total. The standard InChI is InChI=1S/C24H28Cl2N4O2/c1-16-14-28(23(31)32-24(2,3)4)11-12-29(16)22-27-20-7-5-6-8-21(20)30(22)15-17-9-10-18(25)13-19(17)26/h5-10,13,16H,11-12,14-15H2,1-4H3/t16-/m0/s1. The molecule has 0 spiro atoms. The normalized spacial score (nSPS) is 17.1. The summed E-state index contributed by atoms with van der Waals surface area (Å²) in [6, 6.07) is 13.7. The molecule has 170 valence electrons. The van der Waals surface area contributed by atoms with Crippen molar-refractivity contribution in [3.63, 3.8) is 0 Å². The van der Waals surface area contributed by atoms with Crippen LogP contribution in [0.2, 0.25) is 10.0 Å². The summed E-state index contributed by atoms with van der Waals surface area (Å²) in [5.41, 5.74) is 2.42. The molecule has 0 radical (unpaired) electrons. The molecule has 1 fully saturated rings. The largest absolute Gasteiger partial charge is 0.444 e. The lowest BCUT2D eigenvalue weighted by Crippen LogP contribution is -2.55. The third kappa shape index (κ3) is 4.81. The van der Waals surface area contributed by atoms with Gasteiger partial charge in [-0.1, -0.05) is 41.4 Å². The molecule has 3 aromatic rings. The Morgan fingerprint density at radius 1 is 1.16 bits per heavy atom. The summed E-state index contributed by atoms with van der Waals surface area (Å²) in [4.78, 5) is 21.5. The summed E-state index contributed by atoms with van der Waals surface area (Å²) in [5.74, 6) is 0.869. The summed E-state index contributed by atoms with van der Waals surface area (Å²) in [7, 11) is 0. The van der Waals surface area contributed by atoms with Gasteiger partial charge >= 0.3 is 6.09 Å². The third-order valence-electron chi connectivity index (χ3n) is 5.51. The van der Waals surface area contributed by atoms with Gasteiger partial charge < -0.3 is 19.1 Å². The topological polar surface area (TPSA) is 50.6 Å². The smallest absolute Gasteiger partial charge is 0.410 e. The van der Waals surface area contributed by atoms with E-state index in [2.05, 4.69) is 22.5 Å². The van der Waals surface area contributed by atoms with E-state index in [9.17, 15) is 4.79 Å². The molecule has 2 aromatic carbocycles. The number of aromatic nitrogens is 2. The van der Waals surface area contributed by atoms with Gasteiger partial charge in [-0.25, -0.2) is 9.78 Å². The number of carbonyl (C=O) groups excluding carboxylic acids is 1. The van der Waals surface area contributed by atoms with Crippen LogP contribution in [0.4, 0.5) is 10.7 Å². The van der Waals surface area contributed by atoms with Gasteiger partial charge in [-0.05, 0) is 57.5 Å². The number of para-hydroxylation sites is 2. The first-order valence-corrected chi connectivity index (χ1v) is 11.5. The number of imidazole rings is 1. The van der Waals surface area contributed by atoms with Crippen molar-refractivity contribution in [3.8, 4) is 0 Å². The highest BCUT2D eigenvalue weighted by Gasteiger charge is 2.32. The van der Waals surface area contributed by atoms with Crippen LogP contribution in [-0.2, 0) is 11.3 Å². The minimum absolute atomic E-state index is 0.0764. The number of anilines is 1. The summed E-state index contributed by atoms with van der Waals surface area (Å²) in [6.45, 7) is 10.1. The fraction of sp³-hybridized carbons (Fsp3) is 0.417. The van der Waals surface area contributed by atoms with Gasteiger partial charge in [0.15, 0.2) is 0 Å². The molecule has 2 heterocycles. The van der Waals surface area contributed by atoms with E-state index < -0.39 is 5.60 Å². The quantitative estimate of drug-likeness (QED) is 0.478. The van der Waals surface area contributed by atoms with Crippen molar-refractivity contribution < 1.29 is 9.53 Å². The predicted octanol–water partition coefficient (Wildman–Crippen LogP) is 5.84. The average Bonchev–Trinajstić information content (AvgIpc) is 3.07. The van der Waals surface area contributed by atoms with Crippen molar-refractivity contribution in [3.05, 3.63) is 58.1 Å². The molecule has 0 unspecified atom stereocenters. The number of rotatable bonds is 3. The molecule has 1 amide bonds. The van der Waals surface area contributed by atoms with E-state index in [1.807, 2.05) is 51.1 Å². The van der Waals surface area contributed by atoms with Gasteiger partial charge in [-0.3, -0.25) is 0 Å². The average molecular weight is 475 g/mol. The maximum absolute atomic E-state index is 12.6. The Balaban J connectivity index is 1.63. The molecular weight excluding hydrogens is 447 g/mol. The molecule has 1 aliphatic rings. The van der Waals surface area contributed by atoms with Gasteiger partial charge in [-0.15, -0.1) is 0 Å². The van der Waals surface area contributed by atoms with Crippen LogP contribution in [0, 0.1) is 0 Å². The van der Waals surface area contributed by atoms with E-state index in [-0.39, 0.29) is 12.1 Å². The van der Waals surface area contributed by atoms with E-state index in [0.717, 1.165) is 22.5 Å². The Morgan fingerprint density at radius 2 is 1.91 bits per heavy atom. The fourth-order valence-corrected chi connectivity index (χ4v) is 4.47. The number of amides is 1. The Morgan fingerprint density at radius 3 is 2.59 bits per heavy atom. The van der Waals surface area contributed by atoms with E-state index in [1.165, 1.54) is 0 Å². The molecule has 4 rings (SSSR count). The first-order chi connectivity index (χ1) is 15.1. The number of hydrogen-bond acceptors (Lipinski definition) is 4. The lowest BCUT2D eigenvalue weighted by atomic mass is 10.2. The van der Waals surface area contributed by atoms with E-state index in [4.69, 9.17) is 32.9 Å². The zero-order valence-corrected chi connectivity index (χ0v) is 20.3. The van der Waals surface area contributed by atoms with Crippen molar-refractivity contribution >= 4 is 46.3 Å². The second-order valence-corrected chi connectivity index (χ2v) is 10.0. The highest BCUT2D eigenvalue weighted by atomic mass is 35.5. The Hall–Kier alpha value is -2.44. The highest BCUT2D eigenvalue weighted by molar-refractivity contribution is 6.35. The van der Waals surface area contributed by atoms with Gasteiger partial charge in [0, 0.05) is 35.7 Å². The first-order valence-electron chi connectivity index (χ1n) is 10.8. The molecule has 1 atom stereocenters. The molecule has 1 aliphatic heterocycles.